The van der Waals surface area contributed by atoms with E-state index in [1.54, 1.807) is 0 Å². The van der Waals surface area contributed by atoms with Crippen molar-refractivity contribution in [2.45, 2.75) is 6.18 Å². The van der Waals surface area contributed by atoms with Gasteiger partial charge in [-0.05, 0) is 6.07 Å². The number of hydrogen-bond acceptors (Lipinski definition) is 4. The molecule has 0 N–H and O–H groups in total. The van der Waals surface area contributed by atoms with Crippen molar-refractivity contribution in [1.82, 2.24) is 4.98 Å². The van der Waals surface area contributed by atoms with Gasteiger partial charge in [-0.1, -0.05) is 0 Å². The van der Waals surface area contributed by atoms with Gasteiger partial charge >= 0.3 is 12.1 Å². The number of alkyl halides is 3. The summed E-state index contributed by atoms with van der Waals surface area (Å²) >= 11 is 0. The summed E-state index contributed by atoms with van der Waals surface area (Å²) < 4.78 is 44.5. The molecule has 0 aliphatic carbocycles. The van der Waals surface area contributed by atoms with Crippen LogP contribution < -0.4 is 4.74 Å². The Morgan fingerprint density at radius 2 is 2.19 bits per heavy atom. The van der Waals surface area contributed by atoms with Crippen LogP contribution in [0.5, 0.6) is 5.75 Å². The van der Waals surface area contributed by atoms with Gasteiger partial charge in [-0.2, -0.15) is 13.2 Å². The number of halogens is 3. The summed E-state index contributed by atoms with van der Waals surface area (Å²) in [5, 5.41) is 0. The summed E-state index contributed by atoms with van der Waals surface area (Å²) in [6.07, 6.45) is -2.16. The third-order valence-electron chi connectivity index (χ3n) is 1.58. The molecule has 0 amide bonds. The second kappa shape index (κ2) is 4.82. The van der Waals surface area contributed by atoms with Gasteiger partial charge in [0.1, 0.15) is 11.3 Å². The van der Waals surface area contributed by atoms with E-state index in [0.29, 0.717) is 0 Å². The molecule has 4 nitrogen and oxygen atoms in total. The van der Waals surface area contributed by atoms with Crippen LogP contribution in [0.2, 0.25) is 0 Å². The molecule has 7 heteroatoms. The lowest BCUT2D eigenvalue weighted by Crippen LogP contribution is -2.20. The van der Waals surface area contributed by atoms with Crippen molar-refractivity contribution in [3.8, 4) is 5.75 Å². The van der Waals surface area contributed by atoms with Crippen LogP contribution in [-0.4, -0.2) is 30.8 Å². The van der Waals surface area contributed by atoms with E-state index in [1.807, 2.05) is 0 Å². The maximum absolute atomic E-state index is 11.9. The van der Waals surface area contributed by atoms with Crippen LogP contribution in [0.3, 0.4) is 0 Å². The highest BCUT2D eigenvalue weighted by Crippen LogP contribution is 2.21. The fourth-order valence-corrected chi connectivity index (χ4v) is 0.930. The SMILES string of the molecule is COC(=O)c1cnccc1OCC(F)(F)F. The van der Waals surface area contributed by atoms with E-state index in [4.69, 9.17) is 0 Å². The maximum Gasteiger partial charge on any atom is 0.422 e. The second-order valence-electron chi connectivity index (χ2n) is 2.77. The first-order chi connectivity index (χ1) is 7.44. The van der Waals surface area contributed by atoms with Crippen molar-refractivity contribution in [2.75, 3.05) is 13.7 Å². The van der Waals surface area contributed by atoms with Gasteiger partial charge in [0.15, 0.2) is 6.61 Å². The Morgan fingerprint density at radius 1 is 1.50 bits per heavy atom. The van der Waals surface area contributed by atoms with Crippen LogP contribution in [0.15, 0.2) is 18.5 Å². The number of nitrogens with zero attached hydrogens (tertiary/aromatic N) is 1. The fourth-order valence-electron chi connectivity index (χ4n) is 0.930. The average Bonchev–Trinajstić information content (AvgIpc) is 2.25. The molecule has 0 radical (unpaired) electrons. The number of esters is 1. The smallest absolute Gasteiger partial charge is 0.422 e. The topological polar surface area (TPSA) is 48.4 Å². The first-order valence-electron chi connectivity index (χ1n) is 4.16. The van der Waals surface area contributed by atoms with Crippen LogP contribution >= 0.6 is 0 Å². The Morgan fingerprint density at radius 3 is 2.75 bits per heavy atom. The third-order valence-corrected chi connectivity index (χ3v) is 1.58. The van der Waals surface area contributed by atoms with Crippen LogP contribution in [-0.2, 0) is 4.74 Å². The van der Waals surface area contributed by atoms with Crippen molar-refractivity contribution in [1.29, 1.82) is 0 Å². The van der Waals surface area contributed by atoms with Crippen LogP contribution in [0, 0.1) is 0 Å². The third kappa shape index (κ3) is 3.41. The molecular formula is C9H8F3NO3. The minimum absolute atomic E-state index is 0.144. The Kier molecular flexibility index (Phi) is 3.70. The van der Waals surface area contributed by atoms with Crippen LogP contribution in [0.1, 0.15) is 10.4 Å². The quantitative estimate of drug-likeness (QED) is 0.749. The van der Waals surface area contributed by atoms with E-state index < -0.39 is 18.8 Å². The number of ether oxygens (including phenoxy) is 2. The summed E-state index contributed by atoms with van der Waals surface area (Å²) in [4.78, 5) is 14.7. The molecule has 1 aromatic rings. The molecule has 0 spiro atoms. The Bertz CT molecular complexity index is 379. The van der Waals surface area contributed by atoms with Gasteiger partial charge in [0.25, 0.3) is 0 Å². The minimum atomic E-state index is -4.46. The number of pyridine rings is 1. The second-order valence-corrected chi connectivity index (χ2v) is 2.77. The van der Waals surface area contributed by atoms with Gasteiger partial charge in [-0.3, -0.25) is 4.98 Å². The van der Waals surface area contributed by atoms with Gasteiger partial charge in [-0.15, -0.1) is 0 Å². The van der Waals surface area contributed by atoms with Crippen LogP contribution in [0.25, 0.3) is 0 Å². The maximum atomic E-state index is 11.9. The average molecular weight is 235 g/mol. The highest BCUT2D eigenvalue weighted by atomic mass is 19.4. The Hall–Kier alpha value is -1.79. The molecule has 0 saturated heterocycles. The minimum Gasteiger partial charge on any atom is -0.483 e. The zero-order chi connectivity index (χ0) is 12.2. The normalized spacial score (nSPS) is 11.0. The number of hydrogen-bond donors (Lipinski definition) is 0. The molecule has 16 heavy (non-hydrogen) atoms. The highest BCUT2D eigenvalue weighted by Gasteiger charge is 2.29. The molecule has 0 aromatic carbocycles. The summed E-state index contributed by atoms with van der Waals surface area (Å²) in [6.45, 7) is -1.47. The lowest BCUT2D eigenvalue weighted by molar-refractivity contribution is -0.153. The molecule has 0 saturated carbocycles. The molecular weight excluding hydrogens is 227 g/mol. The van der Waals surface area contributed by atoms with E-state index in [-0.39, 0.29) is 11.3 Å². The van der Waals surface area contributed by atoms with Crippen molar-refractivity contribution >= 4 is 5.97 Å². The zero-order valence-electron chi connectivity index (χ0n) is 8.25. The van der Waals surface area contributed by atoms with Crippen molar-refractivity contribution in [2.24, 2.45) is 0 Å². The number of aromatic nitrogens is 1. The molecule has 0 aliphatic rings. The van der Waals surface area contributed by atoms with Gasteiger partial charge < -0.3 is 9.47 Å². The molecule has 88 valence electrons. The standard InChI is InChI=1S/C9H8F3NO3/c1-15-8(14)6-4-13-3-2-7(6)16-5-9(10,11)12/h2-4H,5H2,1H3. The summed E-state index contributed by atoms with van der Waals surface area (Å²) in [5.74, 6) is -1.01. The van der Waals surface area contributed by atoms with Gasteiger partial charge in [0, 0.05) is 12.4 Å². The summed E-state index contributed by atoms with van der Waals surface area (Å²) in [5.41, 5.74) is -0.144. The van der Waals surface area contributed by atoms with Crippen molar-refractivity contribution < 1.29 is 27.4 Å². The van der Waals surface area contributed by atoms with Gasteiger partial charge in [-0.25, -0.2) is 4.79 Å². The molecule has 0 aliphatic heterocycles. The summed E-state index contributed by atoms with van der Waals surface area (Å²) in [7, 11) is 1.11. The molecule has 0 fully saturated rings. The molecule has 0 bridgehead atoms. The van der Waals surface area contributed by atoms with E-state index in [2.05, 4.69) is 14.5 Å². The van der Waals surface area contributed by atoms with Gasteiger partial charge in [0.2, 0.25) is 0 Å². The van der Waals surface area contributed by atoms with Crippen LogP contribution in [0.4, 0.5) is 13.2 Å². The van der Waals surface area contributed by atoms with Gasteiger partial charge in [0.05, 0.1) is 7.11 Å². The highest BCUT2D eigenvalue weighted by molar-refractivity contribution is 5.91. The molecule has 0 atom stereocenters. The molecule has 1 heterocycles. The predicted octanol–water partition coefficient (Wildman–Crippen LogP) is 1.81. The number of rotatable bonds is 3. The largest absolute Gasteiger partial charge is 0.483 e. The number of carbonyl (C=O) groups excluding carboxylic acids is 1. The van der Waals surface area contributed by atoms with E-state index in [0.717, 1.165) is 19.4 Å². The molecule has 1 rings (SSSR count). The zero-order valence-corrected chi connectivity index (χ0v) is 8.25. The first-order valence-corrected chi connectivity index (χ1v) is 4.16. The lowest BCUT2D eigenvalue weighted by Gasteiger charge is -2.11. The number of methoxy groups -OCH3 is 1. The Balaban J connectivity index is 2.83. The Labute approximate surface area is 89.0 Å². The van der Waals surface area contributed by atoms with Crippen molar-refractivity contribution in [3.05, 3.63) is 24.0 Å². The predicted molar refractivity (Wildman–Crippen MR) is 47.1 cm³/mol. The molecule has 0 unspecified atom stereocenters. The van der Waals surface area contributed by atoms with E-state index in [1.165, 1.54) is 6.20 Å². The van der Waals surface area contributed by atoms with Crippen molar-refractivity contribution in [3.63, 3.8) is 0 Å². The monoisotopic (exact) mass is 235 g/mol. The lowest BCUT2D eigenvalue weighted by atomic mass is 10.2. The number of carbonyl (C=O) groups is 1. The van der Waals surface area contributed by atoms with E-state index in [9.17, 15) is 18.0 Å². The fraction of sp³-hybridized carbons (Fsp3) is 0.333. The first kappa shape index (κ1) is 12.3. The summed E-state index contributed by atoms with van der Waals surface area (Å²) in [6, 6.07) is 1.16. The van der Waals surface area contributed by atoms with E-state index >= 15 is 0 Å². The molecule has 1 aromatic heterocycles.